The summed E-state index contributed by atoms with van der Waals surface area (Å²) in [5, 5.41) is 7.51. The van der Waals surface area contributed by atoms with Crippen molar-refractivity contribution in [3.05, 3.63) is 94.5 Å². The third-order valence-electron chi connectivity index (χ3n) is 3.58. The molecule has 0 spiro atoms. The van der Waals surface area contributed by atoms with E-state index in [0.29, 0.717) is 16.4 Å². The van der Waals surface area contributed by atoms with Crippen molar-refractivity contribution in [3.8, 4) is 5.75 Å². The number of para-hydroxylation sites is 1. The van der Waals surface area contributed by atoms with Gasteiger partial charge >= 0.3 is 5.97 Å². The van der Waals surface area contributed by atoms with Gasteiger partial charge in [0, 0.05) is 10.2 Å². The highest BCUT2D eigenvalue weighted by Crippen LogP contribution is 2.15. The molecule has 5 nitrogen and oxygen atoms in total. The quantitative estimate of drug-likeness (QED) is 0.187. The SMILES string of the molecule is O=C(Oc1ccc(C=NNC(=S)Nc2ccccc2)cc1)c1ccc(Br)cc1. The number of benzene rings is 3. The fraction of sp³-hybridized carbons (Fsp3) is 0. The van der Waals surface area contributed by atoms with Crippen molar-refractivity contribution >= 4 is 51.1 Å². The molecule has 0 aliphatic heterocycles. The number of esters is 1. The van der Waals surface area contributed by atoms with Crippen LogP contribution < -0.4 is 15.5 Å². The Bertz CT molecular complexity index is 975. The number of halogens is 1. The number of anilines is 1. The number of rotatable bonds is 5. The van der Waals surface area contributed by atoms with Crippen LogP contribution in [-0.4, -0.2) is 17.3 Å². The second-order valence-corrected chi connectivity index (χ2v) is 6.98. The molecule has 2 N–H and O–H groups in total. The molecule has 140 valence electrons. The molecule has 0 fully saturated rings. The Morgan fingerprint density at radius 2 is 1.64 bits per heavy atom. The highest BCUT2D eigenvalue weighted by Gasteiger charge is 2.08. The maximum atomic E-state index is 12.1. The lowest BCUT2D eigenvalue weighted by Gasteiger charge is -2.06. The molecule has 0 saturated heterocycles. The van der Waals surface area contributed by atoms with Gasteiger partial charge in [-0.3, -0.25) is 5.43 Å². The maximum Gasteiger partial charge on any atom is 0.343 e. The van der Waals surface area contributed by atoms with Crippen molar-refractivity contribution < 1.29 is 9.53 Å². The van der Waals surface area contributed by atoms with Gasteiger partial charge in [-0.15, -0.1) is 0 Å². The fourth-order valence-electron chi connectivity index (χ4n) is 2.22. The zero-order chi connectivity index (χ0) is 19.8. The van der Waals surface area contributed by atoms with E-state index in [-0.39, 0.29) is 0 Å². The molecule has 0 radical (unpaired) electrons. The van der Waals surface area contributed by atoms with E-state index in [2.05, 4.69) is 31.8 Å². The van der Waals surface area contributed by atoms with E-state index in [0.717, 1.165) is 15.7 Å². The first kappa shape index (κ1) is 19.7. The molecule has 3 aromatic carbocycles. The lowest BCUT2D eigenvalue weighted by molar-refractivity contribution is 0.0735. The van der Waals surface area contributed by atoms with E-state index in [1.807, 2.05) is 30.3 Å². The van der Waals surface area contributed by atoms with E-state index in [4.69, 9.17) is 17.0 Å². The number of nitrogens with zero attached hydrogens (tertiary/aromatic N) is 1. The third kappa shape index (κ3) is 6.00. The number of ether oxygens (including phenoxy) is 1. The molecule has 3 aromatic rings. The molecule has 7 heteroatoms. The first-order chi connectivity index (χ1) is 13.6. The van der Waals surface area contributed by atoms with Gasteiger partial charge in [0.15, 0.2) is 5.11 Å². The van der Waals surface area contributed by atoms with Crippen molar-refractivity contribution in [2.24, 2.45) is 5.10 Å². The molecule has 0 atom stereocenters. The van der Waals surface area contributed by atoms with Crippen molar-refractivity contribution in [2.75, 3.05) is 5.32 Å². The van der Waals surface area contributed by atoms with Crippen LogP contribution in [0.5, 0.6) is 5.75 Å². The molecule has 28 heavy (non-hydrogen) atoms. The van der Waals surface area contributed by atoms with Crippen molar-refractivity contribution in [3.63, 3.8) is 0 Å². The predicted octanol–water partition coefficient (Wildman–Crippen LogP) is 4.99. The summed E-state index contributed by atoms with van der Waals surface area (Å²) in [5.41, 5.74) is 4.95. The van der Waals surface area contributed by atoms with Gasteiger partial charge in [0.25, 0.3) is 0 Å². The summed E-state index contributed by atoms with van der Waals surface area (Å²) in [7, 11) is 0. The monoisotopic (exact) mass is 453 g/mol. The lowest BCUT2D eigenvalue weighted by Crippen LogP contribution is -2.23. The zero-order valence-corrected chi connectivity index (χ0v) is 17.0. The molecular formula is C21H16BrN3O2S. The van der Waals surface area contributed by atoms with Gasteiger partial charge < -0.3 is 10.1 Å². The Kier molecular flexibility index (Phi) is 6.89. The minimum atomic E-state index is -0.409. The van der Waals surface area contributed by atoms with Crippen molar-refractivity contribution in [2.45, 2.75) is 0 Å². The number of thiocarbonyl (C=S) groups is 1. The summed E-state index contributed by atoms with van der Waals surface area (Å²) < 4.78 is 6.26. The standard InChI is InChI=1S/C21H16BrN3O2S/c22-17-10-8-16(9-11-17)20(26)27-19-12-6-15(7-13-19)14-23-25-21(28)24-18-4-2-1-3-5-18/h1-14H,(H2,24,25,28). The number of nitrogens with one attached hydrogen (secondary N) is 2. The summed E-state index contributed by atoms with van der Waals surface area (Å²) in [5.74, 6) is 0.0483. The predicted molar refractivity (Wildman–Crippen MR) is 119 cm³/mol. The van der Waals surface area contributed by atoms with Gasteiger partial charge in [-0.1, -0.05) is 34.1 Å². The van der Waals surface area contributed by atoms with Crippen LogP contribution >= 0.6 is 28.1 Å². The Morgan fingerprint density at radius 3 is 2.32 bits per heavy atom. The topological polar surface area (TPSA) is 62.7 Å². The normalized spacial score (nSPS) is 10.5. The first-order valence-corrected chi connectivity index (χ1v) is 9.53. The Hall–Kier alpha value is -3.03. The van der Waals surface area contributed by atoms with E-state index >= 15 is 0 Å². The average Bonchev–Trinajstić information content (AvgIpc) is 2.70. The van der Waals surface area contributed by atoms with Crippen LogP contribution in [0.25, 0.3) is 0 Å². The smallest absolute Gasteiger partial charge is 0.343 e. The van der Waals surface area contributed by atoms with Crippen LogP contribution in [0.3, 0.4) is 0 Å². The number of carbonyl (C=O) groups is 1. The van der Waals surface area contributed by atoms with Gasteiger partial charge in [-0.25, -0.2) is 4.79 Å². The van der Waals surface area contributed by atoms with Gasteiger partial charge in [0.05, 0.1) is 11.8 Å². The number of hydrazone groups is 1. The zero-order valence-electron chi connectivity index (χ0n) is 14.6. The van der Waals surface area contributed by atoms with E-state index in [1.165, 1.54) is 0 Å². The largest absolute Gasteiger partial charge is 0.423 e. The van der Waals surface area contributed by atoms with E-state index in [9.17, 15) is 4.79 Å². The summed E-state index contributed by atoms with van der Waals surface area (Å²) in [6.45, 7) is 0. The Labute approximate surface area is 176 Å². The van der Waals surface area contributed by atoms with Crippen LogP contribution in [0.2, 0.25) is 0 Å². The molecule has 0 heterocycles. The molecule has 0 unspecified atom stereocenters. The minimum Gasteiger partial charge on any atom is -0.423 e. The first-order valence-electron chi connectivity index (χ1n) is 8.33. The van der Waals surface area contributed by atoms with Crippen LogP contribution in [0, 0.1) is 0 Å². The van der Waals surface area contributed by atoms with E-state index in [1.54, 1.807) is 54.7 Å². The molecule has 0 bridgehead atoms. The molecular weight excluding hydrogens is 438 g/mol. The van der Waals surface area contributed by atoms with Crippen molar-refractivity contribution in [1.29, 1.82) is 0 Å². The fourth-order valence-corrected chi connectivity index (χ4v) is 2.65. The highest BCUT2D eigenvalue weighted by atomic mass is 79.9. The Balaban J connectivity index is 1.51. The summed E-state index contributed by atoms with van der Waals surface area (Å²) in [4.78, 5) is 12.1. The third-order valence-corrected chi connectivity index (χ3v) is 4.30. The average molecular weight is 454 g/mol. The Morgan fingerprint density at radius 1 is 0.964 bits per heavy atom. The van der Waals surface area contributed by atoms with Crippen molar-refractivity contribution in [1.82, 2.24) is 5.43 Å². The highest BCUT2D eigenvalue weighted by molar-refractivity contribution is 9.10. The number of carbonyl (C=O) groups excluding carboxylic acids is 1. The van der Waals surface area contributed by atoms with Gasteiger partial charge in [-0.05, 0) is 78.4 Å². The van der Waals surface area contributed by atoms with Crippen LogP contribution in [0.4, 0.5) is 5.69 Å². The van der Waals surface area contributed by atoms with Gasteiger partial charge in [-0.2, -0.15) is 5.10 Å². The van der Waals surface area contributed by atoms with Gasteiger partial charge in [0.2, 0.25) is 0 Å². The summed E-state index contributed by atoms with van der Waals surface area (Å²) >= 11 is 8.51. The number of hydrogen-bond donors (Lipinski definition) is 2. The summed E-state index contributed by atoms with van der Waals surface area (Å²) in [6, 6.07) is 23.6. The van der Waals surface area contributed by atoms with Crippen LogP contribution in [0.1, 0.15) is 15.9 Å². The summed E-state index contributed by atoms with van der Waals surface area (Å²) in [6.07, 6.45) is 1.62. The number of hydrogen-bond acceptors (Lipinski definition) is 4. The molecule has 0 aliphatic rings. The molecule has 0 aliphatic carbocycles. The van der Waals surface area contributed by atoms with Gasteiger partial charge in [0.1, 0.15) is 5.75 Å². The lowest BCUT2D eigenvalue weighted by atomic mass is 10.2. The molecule has 3 rings (SSSR count). The van der Waals surface area contributed by atoms with Crippen LogP contribution in [-0.2, 0) is 0 Å². The van der Waals surface area contributed by atoms with Crippen LogP contribution in [0.15, 0.2) is 88.4 Å². The molecule has 0 saturated carbocycles. The minimum absolute atomic E-state index is 0.391. The maximum absolute atomic E-state index is 12.1. The molecule has 0 amide bonds. The second kappa shape index (κ2) is 9.77. The molecule has 0 aromatic heterocycles. The van der Waals surface area contributed by atoms with E-state index < -0.39 is 5.97 Å². The second-order valence-electron chi connectivity index (χ2n) is 5.66.